The van der Waals surface area contributed by atoms with Crippen LogP contribution in [0.2, 0.25) is 0 Å². The van der Waals surface area contributed by atoms with Crippen LogP contribution in [0.15, 0.2) is 121 Å². The molecule has 1 saturated carbocycles. The van der Waals surface area contributed by atoms with Gasteiger partial charge in [0.25, 0.3) is 6.71 Å². The molecule has 2 aliphatic carbocycles. The zero-order chi connectivity index (χ0) is 32.2. The molecular formula is C46H36BN3. The molecule has 0 spiro atoms. The molecule has 50 heavy (non-hydrogen) atoms. The lowest BCUT2D eigenvalue weighted by Crippen LogP contribution is -2.61. The molecule has 0 radical (unpaired) electrons. The summed E-state index contributed by atoms with van der Waals surface area (Å²) in [6.07, 6.45) is 7.56. The number of rotatable bonds is 1. The van der Waals surface area contributed by atoms with Crippen LogP contribution in [-0.2, 0) is 6.42 Å². The topological polar surface area (TPSA) is 11.4 Å². The van der Waals surface area contributed by atoms with Gasteiger partial charge in [0.15, 0.2) is 0 Å². The maximum atomic E-state index is 2.86. The second-order valence-corrected chi connectivity index (χ2v) is 15.8. The normalized spacial score (nSPS) is 23.0. The van der Waals surface area contributed by atoms with Crippen molar-refractivity contribution in [3.05, 3.63) is 144 Å². The van der Waals surface area contributed by atoms with Crippen LogP contribution in [0.3, 0.4) is 0 Å². The Bertz CT molecular complexity index is 2630. The third-order valence-corrected chi connectivity index (χ3v) is 13.7. The van der Waals surface area contributed by atoms with Crippen molar-refractivity contribution < 1.29 is 0 Å². The molecule has 13 rings (SSSR count). The maximum Gasteiger partial charge on any atom is 0.252 e. The highest BCUT2D eigenvalue weighted by atomic mass is 15.2. The summed E-state index contributed by atoms with van der Waals surface area (Å²) in [6, 6.07) is 48.1. The second-order valence-electron chi connectivity index (χ2n) is 15.8. The second kappa shape index (κ2) is 9.31. The van der Waals surface area contributed by atoms with E-state index in [0.717, 1.165) is 6.42 Å². The van der Waals surface area contributed by atoms with Gasteiger partial charge in [-0.3, -0.25) is 0 Å². The molecule has 0 N–H and O–H groups in total. The van der Waals surface area contributed by atoms with Crippen LogP contribution in [0, 0.1) is 0 Å². The molecule has 5 heterocycles. The first-order valence-electron chi connectivity index (χ1n) is 18.9. The highest BCUT2D eigenvalue weighted by Gasteiger charge is 2.51. The SMILES string of the molecule is c1ccc2c(c1)CCC1c3ccccc3N(c3cc4c5c(c3)-n3c6ccccc6c6cccc(c63)B5c3cccc5c3N4C3CCCCC53)C21. The number of aryl methyl sites for hydroxylation is 1. The van der Waals surface area contributed by atoms with E-state index in [4.69, 9.17) is 0 Å². The Morgan fingerprint density at radius 1 is 0.560 bits per heavy atom. The Labute approximate surface area is 292 Å². The first-order valence-corrected chi connectivity index (χ1v) is 18.9. The lowest BCUT2D eigenvalue weighted by molar-refractivity contribution is 0.402. The number of anilines is 4. The number of hydrogen-bond acceptors (Lipinski definition) is 2. The van der Waals surface area contributed by atoms with Crippen molar-refractivity contribution >= 4 is 67.7 Å². The smallest absolute Gasteiger partial charge is 0.252 e. The number of hydrogen-bond donors (Lipinski definition) is 0. The highest BCUT2D eigenvalue weighted by Crippen LogP contribution is 2.59. The van der Waals surface area contributed by atoms with Crippen molar-refractivity contribution in [2.75, 3.05) is 9.80 Å². The molecule has 0 bridgehead atoms. The number of para-hydroxylation sites is 4. The van der Waals surface area contributed by atoms with Crippen LogP contribution in [0.1, 0.15) is 72.2 Å². The van der Waals surface area contributed by atoms with Crippen LogP contribution in [0.5, 0.6) is 0 Å². The van der Waals surface area contributed by atoms with Gasteiger partial charge in [-0.05, 0) is 88.6 Å². The average molecular weight is 642 g/mol. The summed E-state index contributed by atoms with van der Waals surface area (Å²) < 4.78 is 2.65. The van der Waals surface area contributed by atoms with Crippen LogP contribution < -0.4 is 26.2 Å². The fourth-order valence-electron chi connectivity index (χ4n) is 11.9. The minimum Gasteiger partial charge on any atom is -0.338 e. The molecule has 1 fully saturated rings. The fraction of sp³-hybridized carbons (Fsp3) is 0.217. The van der Waals surface area contributed by atoms with E-state index in [1.165, 1.54) is 115 Å². The Morgan fingerprint density at radius 3 is 2.30 bits per heavy atom. The van der Waals surface area contributed by atoms with Crippen LogP contribution >= 0.6 is 0 Å². The van der Waals surface area contributed by atoms with Crippen LogP contribution in [0.4, 0.5) is 22.7 Å². The van der Waals surface area contributed by atoms with Crippen molar-refractivity contribution in [3.8, 4) is 5.69 Å². The van der Waals surface area contributed by atoms with Crippen molar-refractivity contribution in [1.82, 2.24) is 4.57 Å². The summed E-state index contributed by atoms with van der Waals surface area (Å²) >= 11 is 0. The van der Waals surface area contributed by atoms with Gasteiger partial charge in [0.1, 0.15) is 0 Å². The molecule has 4 unspecified atom stereocenters. The monoisotopic (exact) mass is 641 g/mol. The van der Waals surface area contributed by atoms with Gasteiger partial charge in [0.05, 0.1) is 11.6 Å². The minimum absolute atomic E-state index is 0.218. The quantitative estimate of drug-likeness (QED) is 0.166. The zero-order valence-corrected chi connectivity index (χ0v) is 28.0. The van der Waals surface area contributed by atoms with Crippen molar-refractivity contribution in [3.63, 3.8) is 0 Å². The molecule has 0 amide bonds. The predicted octanol–water partition coefficient (Wildman–Crippen LogP) is 9.03. The summed E-state index contributed by atoms with van der Waals surface area (Å²) in [7, 11) is 0. The van der Waals surface area contributed by atoms with Crippen LogP contribution in [-0.4, -0.2) is 17.3 Å². The van der Waals surface area contributed by atoms with E-state index in [1.807, 2.05) is 0 Å². The molecule has 238 valence electrons. The molecule has 4 aliphatic heterocycles. The zero-order valence-electron chi connectivity index (χ0n) is 28.0. The van der Waals surface area contributed by atoms with Gasteiger partial charge >= 0.3 is 0 Å². The molecule has 3 nitrogen and oxygen atoms in total. The summed E-state index contributed by atoms with van der Waals surface area (Å²) in [6.45, 7) is 0.218. The Morgan fingerprint density at radius 2 is 1.32 bits per heavy atom. The minimum atomic E-state index is 0.218. The average Bonchev–Trinajstić information content (AvgIpc) is 3.82. The van der Waals surface area contributed by atoms with Crippen molar-refractivity contribution in [1.29, 1.82) is 0 Å². The van der Waals surface area contributed by atoms with Gasteiger partial charge in [0.2, 0.25) is 0 Å². The first kappa shape index (κ1) is 26.6. The van der Waals surface area contributed by atoms with Crippen molar-refractivity contribution in [2.45, 2.75) is 62.4 Å². The first-order chi connectivity index (χ1) is 24.8. The summed E-state index contributed by atoms with van der Waals surface area (Å²) in [5.74, 6) is 1.10. The molecule has 6 aromatic carbocycles. The Balaban J connectivity index is 1.17. The molecule has 1 aromatic heterocycles. The van der Waals surface area contributed by atoms with Crippen molar-refractivity contribution in [2.24, 2.45) is 0 Å². The third kappa shape index (κ3) is 3.08. The molecular weight excluding hydrogens is 605 g/mol. The van der Waals surface area contributed by atoms with Gasteiger partial charge in [-0.2, -0.15) is 0 Å². The molecule has 0 saturated heterocycles. The standard InChI is InChI=1S/C46H36BN3/c1-2-12-29-27(11-1)23-24-35-32-15-3-6-20-38(32)48(44(29)35)28-25-41-43-42(26-28)50-40-22-8-5-14-31(40)34-17-10-19-37(46(34)50)47(43)36-18-9-16-33-30-13-4-7-21-39(30)49(41)45(33)36/h1-4,6-7,9-13,15-21,25-26,31,35,40,44H,5,8,14,22-24H2. The Kier molecular flexibility index (Phi) is 4.96. The van der Waals surface area contributed by atoms with Gasteiger partial charge in [-0.1, -0.05) is 110 Å². The summed E-state index contributed by atoms with van der Waals surface area (Å²) in [5, 5.41) is 2.72. The van der Waals surface area contributed by atoms with Gasteiger partial charge in [-0.15, -0.1) is 0 Å². The largest absolute Gasteiger partial charge is 0.338 e. The van der Waals surface area contributed by atoms with Gasteiger partial charge in [-0.25, -0.2) is 0 Å². The molecule has 6 aliphatic rings. The van der Waals surface area contributed by atoms with Gasteiger partial charge < -0.3 is 14.4 Å². The third-order valence-electron chi connectivity index (χ3n) is 13.7. The highest BCUT2D eigenvalue weighted by molar-refractivity contribution is 7.00. The van der Waals surface area contributed by atoms with E-state index in [2.05, 4.69) is 136 Å². The van der Waals surface area contributed by atoms with E-state index in [0.29, 0.717) is 23.9 Å². The van der Waals surface area contributed by atoms with Gasteiger partial charge in [0, 0.05) is 62.6 Å². The number of aromatic nitrogens is 1. The summed E-state index contributed by atoms with van der Waals surface area (Å²) in [5.41, 5.74) is 20.3. The summed E-state index contributed by atoms with van der Waals surface area (Å²) in [4.78, 5) is 5.61. The lowest BCUT2D eigenvalue weighted by Gasteiger charge is -2.43. The molecule has 4 atom stereocenters. The molecule has 7 aromatic rings. The predicted molar refractivity (Wildman–Crippen MR) is 208 cm³/mol. The van der Waals surface area contributed by atoms with Crippen LogP contribution in [0.25, 0.3) is 27.5 Å². The number of benzene rings is 6. The maximum absolute atomic E-state index is 2.86. The fourth-order valence-corrected chi connectivity index (χ4v) is 11.9. The molecule has 4 heteroatoms. The van der Waals surface area contributed by atoms with E-state index >= 15 is 0 Å². The lowest BCUT2D eigenvalue weighted by atomic mass is 9.34. The van der Waals surface area contributed by atoms with E-state index in [-0.39, 0.29) is 6.71 Å². The Hall–Kier alpha value is -5.22. The number of fused-ring (bicyclic) bond motifs is 15. The van der Waals surface area contributed by atoms with E-state index < -0.39 is 0 Å². The number of nitrogens with zero attached hydrogens (tertiary/aromatic N) is 3. The van der Waals surface area contributed by atoms with E-state index in [9.17, 15) is 0 Å². The van der Waals surface area contributed by atoms with E-state index in [1.54, 1.807) is 5.56 Å².